The molecule has 2 amide bonds. The molecule has 2 unspecified atom stereocenters. The Hall–Kier alpha value is -1.95. The van der Waals surface area contributed by atoms with Gasteiger partial charge in [0, 0.05) is 12.2 Å². The highest BCUT2D eigenvalue weighted by atomic mass is 16.2. The summed E-state index contributed by atoms with van der Waals surface area (Å²) in [5.74, 6) is 0.0798. The maximum Gasteiger partial charge on any atom is 0.249 e. The quantitative estimate of drug-likeness (QED) is 0.788. The van der Waals surface area contributed by atoms with Gasteiger partial charge in [0.2, 0.25) is 11.8 Å². The van der Waals surface area contributed by atoms with Crippen molar-refractivity contribution in [2.75, 3.05) is 18.0 Å². The van der Waals surface area contributed by atoms with Crippen molar-refractivity contribution in [3.63, 3.8) is 0 Å². The zero-order valence-electron chi connectivity index (χ0n) is 12.0. The van der Waals surface area contributed by atoms with Crippen LogP contribution in [0.1, 0.15) is 32.4 Å². The van der Waals surface area contributed by atoms with Gasteiger partial charge in [0.1, 0.15) is 11.9 Å². The molecular formula is C14H20N4O2. The van der Waals surface area contributed by atoms with Crippen LogP contribution in [0.5, 0.6) is 0 Å². The molecule has 1 aliphatic rings. The summed E-state index contributed by atoms with van der Waals surface area (Å²) in [6, 6.07) is 3.67. The third-order valence-electron chi connectivity index (χ3n) is 3.50. The van der Waals surface area contributed by atoms with Crippen LogP contribution in [0.3, 0.4) is 0 Å². The van der Waals surface area contributed by atoms with Crippen molar-refractivity contribution in [1.29, 1.82) is 0 Å². The molecule has 0 spiro atoms. The lowest BCUT2D eigenvalue weighted by atomic mass is 10.1. The van der Waals surface area contributed by atoms with E-state index in [9.17, 15) is 9.59 Å². The Labute approximate surface area is 118 Å². The van der Waals surface area contributed by atoms with Crippen LogP contribution in [0, 0.1) is 0 Å². The maximum atomic E-state index is 11.7. The number of carbonyl (C=O) groups is 2. The van der Waals surface area contributed by atoms with Gasteiger partial charge in [-0.25, -0.2) is 4.98 Å². The van der Waals surface area contributed by atoms with E-state index in [4.69, 9.17) is 0 Å². The average molecular weight is 276 g/mol. The fraction of sp³-hybridized carbons (Fsp3) is 0.500. The standard InChI is InChI=1S/C14H20N4O2/c1-4-15-9(2)11-5-6-16-12(7-11)18-8-13(19)17-14(20)10(18)3/h5-7,9-10,15H,4,8H2,1-3H3,(H,17,19,20). The van der Waals surface area contributed by atoms with Crippen molar-refractivity contribution < 1.29 is 9.59 Å². The first-order valence-electron chi connectivity index (χ1n) is 6.82. The number of nitrogens with zero attached hydrogens (tertiary/aromatic N) is 2. The van der Waals surface area contributed by atoms with Crippen LogP contribution < -0.4 is 15.5 Å². The van der Waals surface area contributed by atoms with Crippen LogP contribution in [0.2, 0.25) is 0 Å². The van der Waals surface area contributed by atoms with Crippen molar-refractivity contribution >= 4 is 17.6 Å². The van der Waals surface area contributed by atoms with E-state index >= 15 is 0 Å². The smallest absolute Gasteiger partial charge is 0.249 e. The highest BCUT2D eigenvalue weighted by molar-refractivity contribution is 6.04. The molecule has 0 aromatic carbocycles. The molecular weight excluding hydrogens is 256 g/mol. The Balaban J connectivity index is 2.25. The van der Waals surface area contributed by atoms with E-state index in [0.717, 1.165) is 12.1 Å². The molecule has 2 rings (SSSR count). The number of anilines is 1. The fourth-order valence-electron chi connectivity index (χ4n) is 2.28. The minimum atomic E-state index is -0.398. The third kappa shape index (κ3) is 2.96. The lowest BCUT2D eigenvalue weighted by molar-refractivity contribution is -0.132. The Bertz CT molecular complexity index is 518. The number of aromatic nitrogens is 1. The largest absolute Gasteiger partial charge is 0.336 e. The summed E-state index contributed by atoms with van der Waals surface area (Å²) in [5, 5.41) is 5.65. The van der Waals surface area contributed by atoms with E-state index in [1.807, 2.05) is 19.1 Å². The normalized spacial score (nSPS) is 20.8. The number of pyridine rings is 1. The average Bonchev–Trinajstić information content (AvgIpc) is 2.43. The number of amides is 2. The van der Waals surface area contributed by atoms with E-state index in [0.29, 0.717) is 5.82 Å². The van der Waals surface area contributed by atoms with Gasteiger partial charge in [0.15, 0.2) is 0 Å². The predicted molar refractivity (Wildman–Crippen MR) is 76.3 cm³/mol. The highest BCUT2D eigenvalue weighted by Gasteiger charge is 2.31. The van der Waals surface area contributed by atoms with Crippen LogP contribution in [0.25, 0.3) is 0 Å². The third-order valence-corrected chi connectivity index (χ3v) is 3.50. The van der Waals surface area contributed by atoms with Crippen LogP contribution in [0.4, 0.5) is 5.82 Å². The van der Waals surface area contributed by atoms with E-state index < -0.39 is 6.04 Å². The van der Waals surface area contributed by atoms with Crippen LogP contribution in [-0.4, -0.2) is 35.9 Å². The van der Waals surface area contributed by atoms with Gasteiger partial charge in [-0.2, -0.15) is 0 Å². The molecule has 2 atom stereocenters. The van der Waals surface area contributed by atoms with Crippen LogP contribution in [-0.2, 0) is 9.59 Å². The minimum absolute atomic E-state index is 0.152. The predicted octanol–water partition coefficient (Wildman–Crippen LogP) is 0.603. The summed E-state index contributed by atoms with van der Waals surface area (Å²) in [4.78, 5) is 29.2. The topological polar surface area (TPSA) is 74.3 Å². The molecule has 0 bridgehead atoms. The van der Waals surface area contributed by atoms with Crippen molar-refractivity contribution in [3.05, 3.63) is 23.9 Å². The van der Waals surface area contributed by atoms with Gasteiger partial charge in [-0.05, 0) is 38.1 Å². The number of piperazine rings is 1. The summed E-state index contributed by atoms with van der Waals surface area (Å²) in [6.45, 7) is 6.91. The van der Waals surface area contributed by atoms with Crippen LogP contribution >= 0.6 is 0 Å². The van der Waals surface area contributed by atoms with Gasteiger partial charge in [-0.15, -0.1) is 0 Å². The van der Waals surface area contributed by atoms with Gasteiger partial charge < -0.3 is 10.2 Å². The Morgan fingerprint density at radius 1 is 1.55 bits per heavy atom. The summed E-state index contributed by atoms with van der Waals surface area (Å²) in [5.41, 5.74) is 1.09. The molecule has 1 aromatic heterocycles. The molecule has 0 radical (unpaired) electrons. The molecule has 2 N–H and O–H groups in total. The second-order valence-corrected chi connectivity index (χ2v) is 4.94. The summed E-state index contributed by atoms with van der Waals surface area (Å²) >= 11 is 0. The van der Waals surface area contributed by atoms with Crippen molar-refractivity contribution in [2.45, 2.75) is 32.9 Å². The number of hydrogen-bond acceptors (Lipinski definition) is 5. The first-order chi connectivity index (χ1) is 9.52. The number of hydrogen-bond donors (Lipinski definition) is 2. The van der Waals surface area contributed by atoms with Gasteiger partial charge >= 0.3 is 0 Å². The van der Waals surface area contributed by atoms with Crippen molar-refractivity contribution in [3.8, 4) is 0 Å². The molecule has 1 aromatic rings. The Morgan fingerprint density at radius 3 is 3.00 bits per heavy atom. The van der Waals surface area contributed by atoms with Gasteiger partial charge in [-0.3, -0.25) is 14.9 Å². The first kappa shape index (κ1) is 14.5. The summed E-state index contributed by atoms with van der Waals surface area (Å²) in [7, 11) is 0. The lowest BCUT2D eigenvalue weighted by Crippen LogP contribution is -2.57. The first-order valence-corrected chi connectivity index (χ1v) is 6.82. The number of imide groups is 1. The Morgan fingerprint density at radius 2 is 2.30 bits per heavy atom. The molecule has 1 saturated heterocycles. The lowest BCUT2D eigenvalue weighted by Gasteiger charge is -2.32. The second-order valence-electron chi connectivity index (χ2n) is 4.94. The fourth-order valence-corrected chi connectivity index (χ4v) is 2.28. The number of carbonyl (C=O) groups excluding carboxylic acids is 2. The molecule has 6 heteroatoms. The molecule has 0 saturated carbocycles. The molecule has 0 aliphatic carbocycles. The Kier molecular flexibility index (Phi) is 4.34. The molecule has 1 aliphatic heterocycles. The zero-order valence-corrected chi connectivity index (χ0v) is 12.0. The number of nitrogens with one attached hydrogen (secondary N) is 2. The van der Waals surface area contributed by atoms with E-state index in [2.05, 4.69) is 22.5 Å². The SMILES string of the molecule is CCNC(C)c1ccnc(N2CC(=O)NC(=O)C2C)c1. The second kappa shape index (κ2) is 6.00. The van der Waals surface area contributed by atoms with E-state index in [1.54, 1.807) is 18.0 Å². The van der Waals surface area contributed by atoms with E-state index in [-0.39, 0.29) is 24.4 Å². The molecule has 2 heterocycles. The summed E-state index contributed by atoms with van der Waals surface area (Å²) < 4.78 is 0. The van der Waals surface area contributed by atoms with Crippen molar-refractivity contribution in [1.82, 2.24) is 15.6 Å². The van der Waals surface area contributed by atoms with Gasteiger partial charge in [0.05, 0.1) is 6.54 Å². The molecule has 6 nitrogen and oxygen atoms in total. The molecule has 20 heavy (non-hydrogen) atoms. The highest BCUT2D eigenvalue weighted by Crippen LogP contribution is 2.21. The van der Waals surface area contributed by atoms with E-state index in [1.165, 1.54) is 0 Å². The number of rotatable bonds is 4. The monoisotopic (exact) mass is 276 g/mol. The van der Waals surface area contributed by atoms with Gasteiger partial charge in [-0.1, -0.05) is 6.92 Å². The van der Waals surface area contributed by atoms with Crippen molar-refractivity contribution in [2.24, 2.45) is 0 Å². The zero-order chi connectivity index (χ0) is 14.7. The van der Waals surface area contributed by atoms with Gasteiger partial charge in [0.25, 0.3) is 0 Å². The van der Waals surface area contributed by atoms with Crippen LogP contribution in [0.15, 0.2) is 18.3 Å². The molecule has 1 fully saturated rings. The maximum absolute atomic E-state index is 11.7. The molecule has 108 valence electrons. The summed E-state index contributed by atoms with van der Waals surface area (Å²) in [6.07, 6.45) is 1.71. The minimum Gasteiger partial charge on any atom is -0.336 e.